The van der Waals surface area contributed by atoms with Crippen LogP contribution < -0.4 is 0 Å². The first-order valence-corrected chi connectivity index (χ1v) is 7.53. The molecule has 23 heavy (non-hydrogen) atoms. The van der Waals surface area contributed by atoms with Gasteiger partial charge in [0.25, 0.3) is 0 Å². The van der Waals surface area contributed by atoms with Crippen LogP contribution in [0.1, 0.15) is 20.7 Å². The average molecular weight is 348 g/mol. The van der Waals surface area contributed by atoms with Crippen molar-refractivity contribution in [2.45, 2.75) is 0 Å². The number of nitrogens with one attached hydrogen (secondary N) is 1. The molecule has 0 saturated heterocycles. The Bertz CT molecular complexity index is 902. The Morgan fingerprint density at radius 3 is 2.61 bits per heavy atom. The van der Waals surface area contributed by atoms with E-state index in [1.54, 1.807) is 18.3 Å². The molecule has 0 aliphatic heterocycles. The summed E-state index contributed by atoms with van der Waals surface area (Å²) >= 11 is 11.8. The second-order valence-electron chi connectivity index (χ2n) is 4.87. The largest absolute Gasteiger partial charge is 0.454 e. The molecule has 1 N–H and O–H groups in total. The van der Waals surface area contributed by atoms with Crippen molar-refractivity contribution in [2.24, 2.45) is 0 Å². The number of para-hydroxylation sites is 1. The molecular formula is C17H11Cl2NO3. The van der Waals surface area contributed by atoms with Crippen molar-refractivity contribution in [1.82, 2.24) is 4.98 Å². The van der Waals surface area contributed by atoms with Gasteiger partial charge in [0.2, 0.25) is 5.78 Å². The first-order valence-electron chi connectivity index (χ1n) is 6.78. The zero-order valence-electron chi connectivity index (χ0n) is 11.8. The molecular weight excluding hydrogens is 337 g/mol. The van der Waals surface area contributed by atoms with Gasteiger partial charge in [0.05, 0.1) is 10.6 Å². The molecule has 2 aromatic carbocycles. The molecule has 6 heteroatoms. The van der Waals surface area contributed by atoms with Gasteiger partial charge in [-0.1, -0.05) is 41.4 Å². The Morgan fingerprint density at radius 2 is 1.83 bits per heavy atom. The molecule has 1 heterocycles. The molecule has 3 rings (SSSR count). The second-order valence-corrected chi connectivity index (χ2v) is 5.72. The van der Waals surface area contributed by atoms with Gasteiger partial charge in [-0.2, -0.15) is 0 Å². The van der Waals surface area contributed by atoms with Crippen molar-refractivity contribution in [3.8, 4) is 0 Å². The number of carbonyl (C=O) groups is 2. The maximum absolute atomic E-state index is 12.1. The van der Waals surface area contributed by atoms with Gasteiger partial charge in [0.15, 0.2) is 6.61 Å². The zero-order chi connectivity index (χ0) is 16.4. The summed E-state index contributed by atoms with van der Waals surface area (Å²) in [4.78, 5) is 27.2. The van der Waals surface area contributed by atoms with E-state index in [2.05, 4.69) is 4.98 Å². The lowest BCUT2D eigenvalue weighted by molar-refractivity contribution is 0.0477. The maximum Gasteiger partial charge on any atom is 0.340 e. The van der Waals surface area contributed by atoms with Gasteiger partial charge in [-0.25, -0.2) is 4.79 Å². The molecule has 116 valence electrons. The Morgan fingerprint density at radius 1 is 1.04 bits per heavy atom. The van der Waals surface area contributed by atoms with Crippen LogP contribution in [0.15, 0.2) is 48.7 Å². The van der Waals surface area contributed by atoms with E-state index < -0.39 is 5.97 Å². The molecule has 0 amide bonds. The van der Waals surface area contributed by atoms with Gasteiger partial charge in [-0.3, -0.25) is 4.79 Å². The lowest BCUT2D eigenvalue weighted by atomic mass is 10.1. The molecule has 0 aliphatic carbocycles. The summed E-state index contributed by atoms with van der Waals surface area (Å²) < 4.78 is 5.10. The molecule has 0 unspecified atom stereocenters. The molecule has 1 aromatic heterocycles. The summed E-state index contributed by atoms with van der Waals surface area (Å²) in [6, 6.07) is 11.9. The number of esters is 1. The highest BCUT2D eigenvalue weighted by atomic mass is 35.5. The number of rotatable bonds is 4. The number of ether oxygens (including phenoxy) is 1. The van der Waals surface area contributed by atoms with Gasteiger partial charge < -0.3 is 9.72 Å². The minimum Gasteiger partial charge on any atom is -0.454 e. The molecule has 0 aliphatic rings. The quantitative estimate of drug-likeness (QED) is 0.557. The van der Waals surface area contributed by atoms with Crippen LogP contribution in [0.4, 0.5) is 0 Å². The fourth-order valence-electron chi connectivity index (χ4n) is 2.24. The van der Waals surface area contributed by atoms with E-state index in [0.717, 1.165) is 10.9 Å². The lowest BCUT2D eigenvalue weighted by Crippen LogP contribution is -2.14. The molecule has 3 aromatic rings. The van der Waals surface area contributed by atoms with Crippen LogP contribution in [0.25, 0.3) is 10.9 Å². The van der Waals surface area contributed by atoms with E-state index in [1.165, 1.54) is 12.1 Å². The number of halogens is 2. The summed E-state index contributed by atoms with van der Waals surface area (Å²) in [5.41, 5.74) is 1.48. The number of fused-ring (bicyclic) bond motifs is 1. The van der Waals surface area contributed by atoms with Gasteiger partial charge in [0, 0.05) is 27.7 Å². The fraction of sp³-hybridized carbons (Fsp3) is 0.0588. The minimum absolute atomic E-state index is 0.227. The van der Waals surface area contributed by atoms with Crippen molar-refractivity contribution in [3.05, 3.63) is 69.8 Å². The standard InChI is InChI=1S/C17H11Cl2NO3/c18-10-5-6-12(14(19)7-10)16(21)9-23-17(22)13-8-20-15-4-2-1-3-11(13)15/h1-8,20H,9H2. The van der Waals surface area contributed by atoms with Gasteiger partial charge in [-0.15, -0.1) is 0 Å². The Labute approximate surface area is 142 Å². The van der Waals surface area contributed by atoms with E-state index >= 15 is 0 Å². The number of carbonyl (C=O) groups excluding carboxylic acids is 2. The third-order valence-corrected chi connectivity index (χ3v) is 3.92. The zero-order valence-corrected chi connectivity index (χ0v) is 13.3. The van der Waals surface area contributed by atoms with E-state index in [9.17, 15) is 9.59 Å². The fourth-order valence-corrected chi connectivity index (χ4v) is 2.76. The van der Waals surface area contributed by atoms with Crippen LogP contribution in [0.3, 0.4) is 0 Å². The Hall–Kier alpha value is -2.30. The Kier molecular flexibility index (Phi) is 4.37. The summed E-state index contributed by atoms with van der Waals surface area (Å²) in [6.45, 7) is -0.389. The molecule has 0 bridgehead atoms. The first-order chi connectivity index (χ1) is 11.1. The van der Waals surface area contributed by atoms with Crippen LogP contribution in [0, 0.1) is 0 Å². The van der Waals surface area contributed by atoms with Gasteiger partial charge in [0.1, 0.15) is 0 Å². The van der Waals surface area contributed by atoms with E-state index in [1.807, 2.05) is 18.2 Å². The number of Topliss-reactive ketones (excluding diaryl/α,β-unsaturated/α-hetero) is 1. The van der Waals surface area contributed by atoms with Crippen molar-refractivity contribution >= 4 is 45.9 Å². The third kappa shape index (κ3) is 3.23. The normalized spacial score (nSPS) is 10.7. The number of benzene rings is 2. The molecule has 0 saturated carbocycles. The predicted molar refractivity (Wildman–Crippen MR) is 89.4 cm³/mol. The van der Waals surface area contributed by atoms with Crippen molar-refractivity contribution in [3.63, 3.8) is 0 Å². The minimum atomic E-state index is -0.569. The maximum atomic E-state index is 12.1. The number of ketones is 1. The second kappa shape index (κ2) is 6.44. The number of aromatic amines is 1. The van der Waals surface area contributed by atoms with Crippen LogP contribution in [-0.4, -0.2) is 23.3 Å². The van der Waals surface area contributed by atoms with Crippen LogP contribution >= 0.6 is 23.2 Å². The van der Waals surface area contributed by atoms with Crippen LogP contribution in [0.2, 0.25) is 10.0 Å². The summed E-state index contributed by atoms with van der Waals surface area (Å²) in [7, 11) is 0. The molecule has 0 spiro atoms. The predicted octanol–water partition coefficient (Wildman–Crippen LogP) is 4.51. The number of hydrogen-bond acceptors (Lipinski definition) is 3. The highest BCUT2D eigenvalue weighted by molar-refractivity contribution is 6.36. The van der Waals surface area contributed by atoms with Gasteiger partial charge in [-0.05, 0) is 24.3 Å². The summed E-state index contributed by atoms with van der Waals surface area (Å²) in [5.74, 6) is -0.958. The lowest BCUT2D eigenvalue weighted by Gasteiger charge is -2.05. The number of hydrogen-bond donors (Lipinski definition) is 1. The topological polar surface area (TPSA) is 59.2 Å². The molecule has 0 atom stereocenters. The van der Waals surface area contributed by atoms with Crippen molar-refractivity contribution in [1.29, 1.82) is 0 Å². The first kappa shape index (κ1) is 15.6. The molecule has 0 fully saturated rings. The smallest absolute Gasteiger partial charge is 0.340 e. The van der Waals surface area contributed by atoms with E-state index in [4.69, 9.17) is 27.9 Å². The SMILES string of the molecule is O=C(COC(=O)c1c[nH]c2ccccc12)c1ccc(Cl)cc1Cl. The number of aromatic nitrogens is 1. The van der Waals surface area contributed by atoms with Crippen molar-refractivity contribution < 1.29 is 14.3 Å². The van der Waals surface area contributed by atoms with Gasteiger partial charge >= 0.3 is 5.97 Å². The van der Waals surface area contributed by atoms with Crippen LogP contribution in [-0.2, 0) is 4.74 Å². The molecule has 4 nitrogen and oxygen atoms in total. The van der Waals surface area contributed by atoms with E-state index in [-0.39, 0.29) is 23.0 Å². The average Bonchev–Trinajstić information content (AvgIpc) is 2.96. The van der Waals surface area contributed by atoms with Crippen molar-refractivity contribution in [2.75, 3.05) is 6.61 Å². The third-order valence-electron chi connectivity index (χ3n) is 3.38. The highest BCUT2D eigenvalue weighted by Crippen LogP contribution is 2.22. The molecule has 0 radical (unpaired) electrons. The monoisotopic (exact) mass is 347 g/mol. The Balaban J connectivity index is 1.72. The van der Waals surface area contributed by atoms with E-state index in [0.29, 0.717) is 10.6 Å². The van der Waals surface area contributed by atoms with Crippen LogP contribution in [0.5, 0.6) is 0 Å². The number of H-pyrrole nitrogens is 1. The highest BCUT2D eigenvalue weighted by Gasteiger charge is 2.17. The summed E-state index contributed by atoms with van der Waals surface area (Å²) in [6.07, 6.45) is 1.56. The summed E-state index contributed by atoms with van der Waals surface area (Å²) in [5, 5.41) is 1.41.